The molecule has 6 amide bonds. The van der Waals surface area contributed by atoms with Gasteiger partial charge in [0.1, 0.15) is 24.2 Å². The molecule has 51 heavy (non-hydrogen) atoms. The van der Waals surface area contributed by atoms with Gasteiger partial charge in [0.05, 0.1) is 26.0 Å². The maximum atomic E-state index is 13.7. The third kappa shape index (κ3) is 13.3. The Morgan fingerprint density at radius 1 is 1.04 bits per heavy atom. The van der Waals surface area contributed by atoms with Crippen molar-refractivity contribution in [3.63, 3.8) is 0 Å². The summed E-state index contributed by atoms with van der Waals surface area (Å²) in [4.78, 5) is 90.4. The molecule has 0 saturated carbocycles. The number of oxime groups is 1. The average molecular weight is 710 g/mol. The van der Waals surface area contributed by atoms with E-state index in [1.807, 2.05) is 44.2 Å². The number of nitrogens with one attached hydrogen (secondary N) is 5. The van der Waals surface area contributed by atoms with Crippen LogP contribution in [-0.4, -0.2) is 112 Å². The Morgan fingerprint density at radius 2 is 1.75 bits per heavy atom. The highest BCUT2D eigenvalue weighted by Crippen LogP contribution is 2.16. The molecule has 0 aliphatic carbocycles. The zero-order valence-electron chi connectivity index (χ0n) is 28.9. The number of aliphatic hydroxyl groups is 1. The number of primary amides is 1. The van der Waals surface area contributed by atoms with Crippen molar-refractivity contribution in [2.45, 2.75) is 76.7 Å². The number of aliphatic hydroxyl groups excluding tert-OH is 1. The van der Waals surface area contributed by atoms with Crippen molar-refractivity contribution in [1.82, 2.24) is 36.1 Å². The molecule has 1 aromatic heterocycles. The Morgan fingerprint density at radius 3 is 2.37 bits per heavy atom. The lowest BCUT2D eigenvalue weighted by molar-refractivity contribution is -0.140. The molecule has 3 rings (SSSR count). The van der Waals surface area contributed by atoms with Gasteiger partial charge in [0.25, 0.3) is 0 Å². The number of carbonyl (C=O) groups is 6. The highest BCUT2D eigenvalue weighted by atomic mass is 16.6. The van der Waals surface area contributed by atoms with Crippen LogP contribution in [0.3, 0.4) is 0 Å². The van der Waals surface area contributed by atoms with Gasteiger partial charge in [0.15, 0.2) is 6.10 Å². The summed E-state index contributed by atoms with van der Waals surface area (Å²) >= 11 is 0. The topological polar surface area (TPSA) is 250 Å². The molecule has 2 aromatic rings. The number of rotatable bonds is 19. The minimum Gasteiger partial charge on any atom is -0.394 e. The first-order valence-corrected chi connectivity index (χ1v) is 16.6. The summed E-state index contributed by atoms with van der Waals surface area (Å²) in [6, 6.07) is 5.02. The number of benzene rings is 1. The van der Waals surface area contributed by atoms with Crippen LogP contribution in [0.5, 0.6) is 0 Å². The fourth-order valence-electron chi connectivity index (χ4n) is 5.19. The largest absolute Gasteiger partial charge is 0.394 e. The zero-order valence-corrected chi connectivity index (χ0v) is 28.9. The first-order valence-electron chi connectivity index (χ1n) is 16.6. The number of nitrogens with two attached hydrogens (primary N) is 1. The molecule has 2 heterocycles. The van der Waals surface area contributed by atoms with Crippen LogP contribution in [-0.2, 0) is 46.4 Å². The van der Waals surface area contributed by atoms with Gasteiger partial charge >= 0.3 is 0 Å². The molecule has 0 unspecified atom stereocenters. The zero-order chi connectivity index (χ0) is 37.3. The van der Waals surface area contributed by atoms with E-state index in [0.717, 1.165) is 12.0 Å². The lowest BCUT2D eigenvalue weighted by atomic mass is 10.0. The number of hydrogen-bond acceptors (Lipinski definition) is 10. The average Bonchev–Trinajstić information content (AvgIpc) is 3.62. The Kier molecular flexibility index (Phi) is 15.8. The van der Waals surface area contributed by atoms with Gasteiger partial charge in [-0.25, -0.2) is 4.98 Å². The summed E-state index contributed by atoms with van der Waals surface area (Å²) in [5.74, 6) is -4.29. The highest BCUT2D eigenvalue weighted by molar-refractivity contribution is 5.96. The Labute approximate surface area is 295 Å². The van der Waals surface area contributed by atoms with Gasteiger partial charge in [0, 0.05) is 31.4 Å². The number of hydrogen-bond donors (Lipinski definition) is 7. The highest BCUT2D eigenvalue weighted by Gasteiger charge is 2.35. The predicted molar refractivity (Wildman–Crippen MR) is 185 cm³/mol. The van der Waals surface area contributed by atoms with E-state index in [1.54, 1.807) is 12.3 Å². The van der Waals surface area contributed by atoms with Gasteiger partial charge in [-0.1, -0.05) is 55.4 Å². The molecule has 0 spiro atoms. The molecule has 0 fully saturated rings. The minimum atomic E-state index is -1.45. The Balaban J connectivity index is 1.69. The third-order valence-electron chi connectivity index (χ3n) is 7.77. The van der Waals surface area contributed by atoms with Crippen LogP contribution in [0, 0.1) is 5.92 Å². The second kappa shape index (κ2) is 20.2. The summed E-state index contributed by atoms with van der Waals surface area (Å²) in [7, 11) is 0. The number of nitrogens with zero attached hydrogens (tertiary/aromatic N) is 3. The molecule has 5 atom stereocenters. The second-order valence-electron chi connectivity index (χ2n) is 12.4. The molecule has 0 saturated heterocycles. The van der Waals surface area contributed by atoms with Crippen LogP contribution in [0.4, 0.5) is 0 Å². The summed E-state index contributed by atoms with van der Waals surface area (Å²) in [5, 5.41) is 23.7. The predicted octanol–water partition coefficient (Wildman–Crippen LogP) is -1.16. The minimum absolute atomic E-state index is 0.0481. The van der Waals surface area contributed by atoms with Gasteiger partial charge in [0.2, 0.25) is 35.4 Å². The van der Waals surface area contributed by atoms with Crippen LogP contribution in [0.2, 0.25) is 0 Å². The van der Waals surface area contributed by atoms with Crippen LogP contribution >= 0.6 is 0 Å². The molecule has 17 nitrogen and oxygen atoms in total. The third-order valence-corrected chi connectivity index (χ3v) is 7.77. The summed E-state index contributed by atoms with van der Waals surface area (Å²) in [6.07, 6.45) is 8.58. The molecule has 0 bridgehead atoms. The number of carbonyl (C=O) groups excluding carboxylic acids is 6. The van der Waals surface area contributed by atoms with Gasteiger partial charge in [-0.05, 0) is 36.8 Å². The van der Waals surface area contributed by atoms with Crippen LogP contribution in [0.1, 0.15) is 44.9 Å². The van der Waals surface area contributed by atoms with E-state index in [2.05, 4.69) is 36.4 Å². The number of aromatic amines is 1. The summed E-state index contributed by atoms with van der Waals surface area (Å²) in [6.45, 7) is 3.76. The van der Waals surface area contributed by atoms with Crippen molar-refractivity contribution in [1.29, 1.82) is 0 Å². The van der Waals surface area contributed by atoms with Gasteiger partial charge in [-0.15, -0.1) is 0 Å². The van der Waals surface area contributed by atoms with Crippen molar-refractivity contribution in [2.24, 2.45) is 16.8 Å². The van der Waals surface area contributed by atoms with E-state index in [1.165, 1.54) is 30.4 Å². The second-order valence-corrected chi connectivity index (χ2v) is 12.4. The Bertz CT molecular complexity index is 1530. The smallest absolute Gasteiger partial charge is 0.247 e. The number of aryl methyl sites for hydroxylation is 1. The summed E-state index contributed by atoms with van der Waals surface area (Å²) < 4.78 is 0. The quantitative estimate of drug-likeness (QED) is 0.0527. The SMILES string of the molecule is CC(=O)N1C[C@H](O/N=C/CCc2ccccc2)C=C[C@H]1C(=O)N[C@@H](CC(C)C)C(=O)N[C@@H](Cc1cnc[nH]1)C(=O)N[C@@H](CO)C(=O)NCC(N)=O. The molecule has 1 aliphatic rings. The van der Waals surface area contributed by atoms with Crippen LogP contribution in [0.15, 0.2) is 60.2 Å². The van der Waals surface area contributed by atoms with Gasteiger partial charge < -0.3 is 46.8 Å². The first kappa shape index (κ1) is 39.9. The van der Waals surface area contributed by atoms with Crippen molar-refractivity contribution in [3.8, 4) is 0 Å². The molecule has 1 aliphatic heterocycles. The maximum Gasteiger partial charge on any atom is 0.247 e. The first-order chi connectivity index (χ1) is 24.4. The summed E-state index contributed by atoms with van der Waals surface area (Å²) in [5.41, 5.74) is 6.69. The van der Waals surface area contributed by atoms with Crippen LogP contribution in [0.25, 0.3) is 0 Å². The van der Waals surface area contributed by atoms with E-state index in [9.17, 15) is 33.9 Å². The normalized spacial score (nSPS) is 17.3. The number of amides is 6. The Hall–Kier alpha value is -5.58. The standard InChI is InChI=1S/C34H47N9O8/c1-21(2)14-26(32(48)40-27(15-24-16-36-20-38-24)33(49)42-28(19-44)31(47)37-17-30(35)46)41-34(50)29-12-11-25(18-43(29)22(3)45)51-39-13-7-10-23-8-5-4-6-9-23/h4-6,8-9,11-13,16,20-21,25-29,44H,7,10,14-15,17-19H2,1-3H3,(H2,35,46)(H,36,38)(H,37,47)(H,40,48)(H,41,50)(H,42,49)/b39-13+/t25-,26+,27+,28+,29+/m1/s1. The monoisotopic (exact) mass is 709 g/mol. The fourth-order valence-corrected chi connectivity index (χ4v) is 5.19. The van der Waals surface area contributed by atoms with E-state index >= 15 is 0 Å². The van der Waals surface area contributed by atoms with Crippen LogP contribution < -0.4 is 27.0 Å². The number of H-pyrrole nitrogens is 1. The van der Waals surface area contributed by atoms with Crippen molar-refractivity contribution in [3.05, 3.63) is 66.3 Å². The van der Waals surface area contributed by atoms with E-state index in [4.69, 9.17) is 10.6 Å². The molecule has 276 valence electrons. The lowest BCUT2D eigenvalue weighted by Crippen LogP contribution is -2.60. The van der Waals surface area contributed by atoms with Crippen molar-refractivity contribution < 1.29 is 38.7 Å². The van der Waals surface area contributed by atoms with E-state index < -0.39 is 73.0 Å². The lowest BCUT2D eigenvalue weighted by Gasteiger charge is -2.34. The van der Waals surface area contributed by atoms with Crippen molar-refractivity contribution >= 4 is 41.7 Å². The molecule has 8 N–H and O–H groups in total. The molecule has 17 heteroatoms. The van der Waals surface area contributed by atoms with Crippen molar-refractivity contribution in [2.75, 3.05) is 19.7 Å². The van der Waals surface area contributed by atoms with E-state index in [0.29, 0.717) is 12.1 Å². The number of aromatic nitrogens is 2. The molecule has 1 aromatic carbocycles. The number of imidazole rings is 1. The molecular weight excluding hydrogens is 662 g/mol. The molecular formula is C34H47N9O8. The fraction of sp³-hybridized carbons (Fsp3) is 0.471. The van der Waals surface area contributed by atoms with E-state index in [-0.39, 0.29) is 31.2 Å². The maximum absolute atomic E-state index is 13.7. The van der Waals surface area contributed by atoms with Gasteiger partial charge in [-0.3, -0.25) is 28.8 Å². The molecule has 0 radical (unpaired) electrons. The van der Waals surface area contributed by atoms with Gasteiger partial charge in [-0.2, -0.15) is 0 Å².